The van der Waals surface area contributed by atoms with E-state index < -0.39 is 10.0 Å². The standard InChI is InChI=1S/C10H13N3O3S/c1-16-7-3-6-13-17(14,15)10-4-2-5-12-9(10)8-11/h2,4-5,13H,3,6-7H2,1H3. The number of hydrogen-bond donors (Lipinski definition) is 1. The number of ether oxygens (including phenoxy) is 1. The predicted molar refractivity (Wildman–Crippen MR) is 60.6 cm³/mol. The lowest BCUT2D eigenvalue weighted by atomic mass is 10.4. The highest BCUT2D eigenvalue weighted by atomic mass is 32.2. The molecule has 0 amide bonds. The van der Waals surface area contributed by atoms with Gasteiger partial charge in [-0.05, 0) is 18.6 Å². The lowest BCUT2D eigenvalue weighted by Crippen LogP contribution is -2.26. The molecule has 0 radical (unpaired) electrons. The molecule has 0 aliphatic rings. The fraction of sp³-hybridized carbons (Fsp3) is 0.400. The molecule has 0 spiro atoms. The minimum absolute atomic E-state index is 0.0973. The molecule has 0 bridgehead atoms. The predicted octanol–water partition coefficient (Wildman–Crippen LogP) is 0.268. The third-order valence-electron chi connectivity index (χ3n) is 1.98. The number of aromatic nitrogens is 1. The average molecular weight is 255 g/mol. The van der Waals surface area contributed by atoms with Crippen LogP contribution in [0.2, 0.25) is 0 Å². The summed E-state index contributed by atoms with van der Waals surface area (Å²) >= 11 is 0. The van der Waals surface area contributed by atoms with Crippen LogP contribution in [0.25, 0.3) is 0 Å². The Morgan fingerprint density at radius 1 is 1.59 bits per heavy atom. The van der Waals surface area contributed by atoms with E-state index in [0.717, 1.165) is 0 Å². The second-order valence-electron chi connectivity index (χ2n) is 3.21. The van der Waals surface area contributed by atoms with Crippen LogP contribution in [0.1, 0.15) is 12.1 Å². The van der Waals surface area contributed by atoms with Crippen molar-refractivity contribution in [1.29, 1.82) is 5.26 Å². The van der Waals surface area contributed by atoms with Gasteiger partial charge in [0.1, 0.15) is 11.0 Å². The maximum atomic E-state index is 11.8. The summed E-state index contributed by atoms with van der Waals surface area (Å²) in [4.78, 5) is 3.61. The van der Waals surface area contributed by atoms with E-state index in [9.17, 15) is 8.42 Å². The second-order valence-corrected chi connectivity index (χ2v) is 4.94. The van der Waals surface area contributed by atoms with E-state index in [-0.39, 0.29) is 17.1 Å². The molecule has 0 unspecified atom stereocenters. The van der Waals surface area contributed by atoms with Crippen molar-refractivity contribution in [3.8, 4) is 6.07 Å². The van der Waals surface area contributed by atoms with Gasteiger partial charge in [-0.3, -0.25) is 0 Å². The van der Waals surface area contributed by atoms with E-state index in [4.69, 9.17) is 10.00 Å². The smallest absolute Gasteiger partial charge is 0.243 e. The van der Waals surface area contributed by atoms with Gasteiger partial charge in [-0.25, -0.2) is 18.1 Å². The fourth-order valence-electron chi connectivity index (χ4n) is 1.19. The van der Waals surface area contributed by atoms with Crippen molar-refractivity contribution in [3.63, 3.8) is 0 Å². The summed E-state index contributed by atoms with van der Waals surface area (Å²) in [5.41, 5.74) is -0.105. The second kappa shape index (κ2) is 6.30. The molecule has 0 saturated heterocycles. The van der Waals surface area contributed by atoms with Crippen molar-refractivity contribution in [2.75, 3.05) is 20.3 Å². The average Bonchev–Trinajstić information content (AvgIpc) is 2.34. The van der Waals surface area contributed by atoms with Crippen LogP contribution in [0, 0.1) is 11.3 Å². The number of nitriles is 1. The minimum Gasteiger partial charge on any atom is -0.385 e. The Balaban J connectivity index is 2.80. The minimum atomic E-state index is -3.67. The molecule has 1 aromatic rings. The van der Waals surface area contributed by atoms with Crippen LogP contribution in [0.3, 0.4) is 0 Å². The first kappa shape index (κ1) is 13.6. The van der Waals surface area contributed by atoms with Gasteiger partial charge in [0.2, 0.25) is 10.0 Å². The van der Waals surface area contributed by atoms with Crippen LogP contribution in [0.4, 0.5) is 0 Å². The normalized spacial score (nSPS) is 11.1. The summed E-state index contributed by atoms with van der Waals surface area (Å²) < 4.78 is 30.9. The lowest BCUT2D eigenvalue weighted by Gasteiger charge is -2.06. The molecular formula is C10H13N3O3S. The molecule has 0 saturated carbocycles. The molecular weight excluding hydrogens is 242 g/mol. The Hall–Kier alpha value is -1.49. The van der Waals surface area contributed by atoms with Crippen LogP contribution >= 0.6 is 0 Å². The zero-order valence-corrected chi connectivity index (χ0v) is 10.2. The zero-order valence-electron chi connectivity index (χ0n) is 9.38. The number of rotatable bonds is 6. The number of sulfonamides is 1. The fourth-order valence-corrected chi connectivity index (χ4v) is 2.37. The Labute approximate surface area is 100 Å². The Morgan fingerprint density at radius 3 is 3.00 bits per heavy atom. The van der Waals surface area contributed by atoms with Gasteiger partial charge >= 0.3 is 0 Å². The highest BCUT2D eigenvalue weighted by Gasteiger charge is 2.18. The van der Waals surface area contributed by atoms with E-state index in [1.165, 1.54) is 18.3 Å². The van der Waals surface area contributed by atoms with Gasteiger partial charge in [-0.2, -0.15) is 5.26 Å². The molecule has 7 heteroatoms. The number of nitrogens with one attached hydrogen (secondary N) is 1. The molecule has 0 aliphatic carbocycles. The van der Waals surface area contributed by atoms with E-state index in [2.05, 4.69) is 9.71 Å². The van der Waals surface area contributed by atoms with E-state index >= 15 is 0 Å². The van der Waals surface area contributed by atoms with Gasteiger partial charge in [0, 0.05) is 26.5 Å². The van der Waals surface area contributed by atoms with Crippen LogP contribution in [0.5, 0.6) is 0 Å². The van der Waals surface area contributed by atoms with Crippen LogP contribution in [0.15, 0.2) is 23.2 Å². The third kappa shape index (κ3) is 3.78. The molecule has 1 rings (SSSR count). The van der Waals surface area contributed by atoms with Gasteiger partial charge in [-0.15, -0.1) is 0 Å². The first-order valence-corrected chi connectivity index (χ1v) is 6.44. The molecule has 1 aromatic heterocycles. The first-order valence-electron chi connectivity index (χ1n) is 4.95. The summed E-state index contributed by atoms with van der Waals surface area (Å²) in [5.74, 6) is 0. The van der Waals surface area contributed by atoms with Gasteiger partial charge in [0.05, 0.1) is 0 Å². The monoisotopic (exact) mass is 255 g/mol. The van der Waals surface area contributed by atoms with Gasteiger partial charge in [0.15, 0.2) is 5.69 Å². The first-order chi connectivity index (χ1) is 8.11. The molecule has 1 N–H and O–H groups in total. The SMILES string of the molecule is COCCCNS(=O)(=O)c1cccnc1C#N. The van der Waals surface area contributed by atoms with Gasteiger partial charge in [0.25, 0.3) is 0 Å². The topological polar surface area (TPSA) is 92.1 Å². The van der Waals surface area contributed by atoms with Crippen molar-refractivity contribution < 1.29 is 13.2 Å². The molecule has 0 fully saturated rings. The Kier molecular flexibility index (Phi) is 5.03. The quantitative estimate of drug-likeness (QED) is 0.736. The number of hydrogen-bond acceptors (Lipinski definition) is 5. The van der Waals surface area contributed by atoms with Crippen LogP contribution in [-0.4, -0.2) is 33.7 Å². The number of methoxy groups -OCH3 is 1. The van der Waals surface area contributed by atoms with Crippen LogP contribution in [-0.2, 0) is 14.8 Å². The van der Waals surface area contributed by atoms with Crippen molar-refractivity contribution in [3.05, 3.63) is 24.0 Å². The molecule has 92 valence electrons. The third-order valence-corrected chi connectivity index (χ3v) is 3.48. The number of nitrogens with zero attached hydrogens (tertiary/aromatic N) is 2. The molecule has 1 heterocycles. The van der Waals surface area contributed by atoms with Crippen molar-refractivity contribution in [1.82, 2.24) is 9.71 Å². The Morgan fingerprint density at radius 2 is 2.35 bits per heavy atom. The lowest BCUT2D eigenvalue weighted by molar-refractivity contribution is 0.196. The molecule has 17 heavy (non-hydrogen) atoms. The maximum absolute atomic E-state index is 11.8. The summed E-state index contributed by atoms with van der Waals surface area (Å²) in [6.45, 7) is 0.733. The van der Waals surface area contributed by atoms with E-state index in [0.29, 0.717) is 13.0 Å². The molecule has 0 aliphatic heterocycles. The van der Waals surface area contributed by atoms with E-state index in [1.54, 1.807) is 13.2 Å². The summed E-state index contributed by atoms with van der Waals surface area (Å²) in [5, 5.41) is 8.77. The molecule has 0 aromatic carbocycles. The maximum Gasteiger partial charge on any atom is 0.243 e. The largest absolute Gasteiger partial charge is 0.385 e. The van der Waals surface area contributed by atoms with E-state index in [1.807, 2.05) is 0 Å². The summed E-state index contributed by atoms with van der Waals surface area (Å²) in [6.07, 6.45) is 1.94. The zero-order chi connectivity index (χ0) is 12.7. The van der Waals surface area contributed by atoms with Crippen molar-refractivity contribution in [2.24, 2.45) is 0 Å². The van der Waals surface area contributed by atoms with Gasteiger partial charge < -0.3 is 4.74 Å². The highest BCUT2D eigenvalue weighted by Crippen LogP contribution is 2.11. The van der Waals surface area contributed by atoms with Crippen molar-refractivity contribution in [2.45, 2.75) is 11.3 Å². The van der Waals surface area contributed by atoms with Crippen molar-refractivity contribution >= 4 is 10.0 Å². The molecule has 0 atom stereocenters. The van der Waals surface area contributed by atoms with Crippen LogP contribution < -0.4 is 4.72 Å². The van der Waals surface area contributed by atoms with Gasteiger partial charge in [-0.1, -0.05) is 0 Å². The molecule has 6 nitrogen and oxygen atoms in total. The number of pyridine rings is 1. The summed E-state index contributed by atoms with van der Waals surface area (Å²) in [6, 6.07) is 4.58. The Bertz CT molecular complexity index is 508. The highest BCUT2D eigenvalue weighted by molar-refractivity contribution is 7.89. The summed E-state index contributed by atoms with van der Waals surface area (Å²) in [7, 11) is -2.13.